The van der Waals surface area contributed by atoms with Crippen molar-refractivity contribution in [1.82, 2.24) is 4.31 Å². The van der Waals surface area contributed by atoms with Crippen molar-refractivity contribution in [2.24, 2.45) is 11.7 Å². The fraction of sp³-hybridized carbons (Fsp3) is 0.571. The molecule has 0 bridgehead atoms. The molecule has 1 aliphatic heterocycles. The summed E-state index contributed by atoms with van der Waals surface area (Å²) in [5.74, 6) is 0.314. The predicted octanol–water partition coefficient (Wildman–Crippen LogP) is 3.27. The van der Waals surface area contributed by atoms with E-state index in [1.54, 1.807) is 4.31 Å². The molecule has 7 heteroatoms. The second kappa shape index (κ2) is 7.08. The lowest BCUT2D eigenvalue weighted by Crippen LogP contribution is -2.40. The van der Waals surface area contributed by atoms with Crippen molar-refractivity contribution >= 4 is 41.9 Å². The van der Waals surface area contributed by atoms with Crippen LogP contribution < -0.4 is 5.73 Å². The zero-order valence-electron chi connectivity index (χ0n) is 11.9. The van der Waals surface area contributed by atoms with Crippen LogP contribution in [0.15, 0.2) is 27.1 Å². The first-order valence-electron chi connectivity index (χ1n) is 6.93. The van der Waals surface area contributed by atoms with Gasteiger partial charge in [0.25, 0.3) is 0 Å². The topological polar surface area (TPSA) is 63.4 Å². The van der Waals surface area contributed by atoms with Gasteiger partial charge in [0.2, 0.25) is 10.0 Å². The van der Waals surface area contributed by atoms with Gasteiger partial charge in [-0.05, 0) is 48.9 Å². The average molecular weight is 440 g/mol. The minimum Gasteiger partial charge on any atom is -0.324 e. The summed E-state index contributed by atoms with van der Waals surface area (Å²) < 4.78 is 26.9. The minimum absolute atomic E-state index is 0.0959. The van der Waals surface area contributed by atoms with E-state index >= 15 is 0 Å². The van der Waals surface area contributed by atoms with Gasteiger partial charge in [0.05, 0.1) is 6.26 Å². The Morgan fingerprint density at radius 1 is 1.43 bits per heavy atom. The molecule has 1 aromatic carbocycles. The van der Waals surface area contributed by atoms with Gasteiger partial charge in [-0.1, -0.05) is 31.9 Å². The van der Waals surface area contributed by atoms with E-state index in [2.05, 4.69) is 31.9 Å². The first-order chi connectivity index (χ1) is 9.77. The van der Waals surface area contributed by atoms with Crippen LogP contribution in [0.3, 0.4) is 0 Å². The molecular weight excluding hydrogens is 420 g/mol. The first kappa shape index (κ1) is 17.4. The highest BCUT2D eigenvalue weighted by Gasteiger charge is 2.27. The van der Waals surface area contributed by atoms with Crippen LogP contribution in [0.25, 0.3) is 0 Å². The predicted molar refractivity (Wildman–Crippen MR) is 92.5 cm³/mol. The maximum Gasteiger partial charge on any atom is 0.211 e. The van der Waals surface area contributed by atoms with E-state index in [0.29, 0.717) is 19.0 Å². The van der Waals surface area contributed by atoms with Crippen LogP contribution in [0, 0.1) is 5.92 Å². The van der Waals surface area contributed by atoms with Gasteiger partial charge in [-0.3, -0.25) is 0 Å². The van der Waals surface area contributed by atoms with E-state index in [9.17, 15) is 8.42 Å². The summed E-state index contributed by atoms with van der Waals surface area (Å²) in [7, 11) is -3.10. The summed E-state index contributed by atoms with van der Waals surface area (Å²) in [6.45, 7) is 1.21. The Morgan fingerprint density at radius 3 is 2.81 bits per heavy atom. The van der Waals surface area contributed by atoms with Gasteiger partial charge in [-0.15, -0.1) is 0 Å². The lowest BCUT2D eigenvalue weighted by Gasteiger charge is -2.32. The van der Waals surface area contributed by atoms with E-state index in [-0.39, 0.29) is 6.04 Å². The molecule has 2 rings (SSSR count). The lowest BCUT2D eigenvalue weighted by molar-refractivity contribution is 0.247. The molecular formula is C14H20Br2N2O2S. The number of sulfonamides is 1. The molecule has 0 spiro atoms. The van der Waals surface area contributed by atoms with Crippen molar-refractivity contribution in [3.05, 3.63) is 32.7 Å². The van der Waals surface area contributed by atoms with Crippen molar-refractivity contribution in [2.45, 2.75) is 25.3 Å². The van der Waals surface area contributed by atoms with Gasteiger partial charge < -0.3 is 5.73 Å². The van der Waals surface area contributed by atoms with Crippen LogP contribution in [0.4, 0.5) is 0 Å². The maximum atomic E-state index is 11.7. The third kappa shape index (κ3) is 4.76. The molecule has 1 aliphatic rings. The van der Waals surface area contributed by atoms with Gasteiger partial charge in [0, 0.05) is 28.1 Å². The maximum absolute atomic E-state index is 11.7. The van der Waals surface area contributed by atoms with Crippen molar-refractivity contribution in [3.8, 4) is 0 Å². The van der Waals surface area contributed by atoms with E-state index in [4.69, 9.17) is 5.73 Å². The number of hydrogen-bond acceptors (Lipinski definition) is 3. The van der Waals surface area contributed by atoms with E-state index in [0.717, 1.165) is 33.8 Å². The molecule has 0 aliphatic carbocycles. The van der Waals surface area contributed by atoms with Crippen LogP contribution in [-0.2, 0) is 10.0 Å². The number of nitrogens with zero attached hydrogens (tertiary/aromatic N) is 1. The van der Waals surface area contributed by atoms with Gasteiger partial charge in [0.1, 0.15) is 0 Å². The molecule has 1 fully saturated rings. The van der Waals surface area contributed by atoms with E-state index in [1.165, 1.54) is 6.26 Å². The van der Waals surface area contributed by atoms with Crippen LogP contribution in [-0.4, -0.2) is 32.1 Å². The summed E-state index contributed by atoms with van der Waals surface area (Å²) in [6, 6.07) is 5.86. The van der Waals surface area contributed by atoms with Gasteiger partial charge >= 0.3 is 0 Å². The van der Waals surface area contributed by atoms with Crippen LogP contribution in [0.2, 0.25) is 0 Å². The second-order valence-corrected chi connectivity index (χ2v) is 9.39. The number of rotatable bonds is 4. The summed E-state index contributed by atoms with van der Waals surface area (Å²) in [5, 5.41) is 0. The molecule has 4 nitrogen and oxygen atoms in total. The quantitative estimate of drug-likeness (QED) is 0.782. The number of hydrogen-bond donors (Lipinski definition) is 1. The molecule has 2 unspecified atom stereocenters. The highest BCUT2D eigenvalue weighted by Crippen LogP contribution is 2.32. The molecule has 0 amide bonds. The zero-order chi connectivity index (χ0) is 15.6. The third-order valence-corrected chi connectivity index (χ3v) is 6.38. The van der Waals surface area contributed by atoms with Gasteiger partial charge in [-0.25, -0.2) is 12.7 Å². The van der Waals surface area contributed by atoms with Crippen molar-refractivity contribution < 1.29 is 8.42 Å². The first-order valence-corrected chi connectivity index (χ1v) is 10.4. The number of benzene rings is 1. The largest absolute Gasteiger partial charge is 0.324 e. The fourth-order valence-electron chi connectivity index (χ4n) is 2.81. The molecule has 21 heavy (non-hydrogen) atoms. The minimum atomic E-state index is -3.10. The molecule has 1 heterocycles. The Kier molecular flexibility index (Phi) is 5.87. The van der Waals surface area contributed by atoms with E-state index in [1.807, 2.05) is 18.2 Å². The number of nitrogens with two attached hydrogens (primary N) is 1. The average Bonchev–Trinajstić information content (AvgIpc) is 2.41. The SMILES string of the molecule is CS(=O)(=O)N1CCCC(CC(N)c2cc(Br)ccc2Br)C1. The molecule has 1 saturated heterocycles. The van der Waals surface area contributed by atoms with Crippen LogP contribution >= 0.6 is 31.9 Å². The summed E-state index contributed by atoms with van der Waals surface area (Å²) in [6.07, 6.45) is 4.01. The highest BCUT2D eigenvalue weighted by atomic mass is 79.9. The van der Waals surface area contributed by atoms with E-state index < -0.39 is 10.0 Å². The molecule has 2 N–H and O–H groups in total. The summed E-state index contributed by atoms with van der Waals surface area (Å²) in [5.41, 5.74) is 7.39. The third-order valence-electron chi connectivity index (χ3n) is 3.90. The van der Waals surface area contributed by atoms with Crippen LogP contribution in [0.1, 0.15) is 30.9 Å². The molecule has 1 aromatic rings. The van der Waals surface area contributed by atoms with Crippen molar-refractivity contribution in [3.63, 3.8) is 0 Å². The van der Waals surface area contributed by atoms with Crippen molar-refractivity contribution in [2.75, 3.05) is 19.3 Å². The Balaban J connectivity index is 2.05. The second-order valence-electron chi connectivity index (χ2n) is 5.64. The Bertz CT molecular complexity index is 607. The summed E-state index contributed by atoms with van der Waals surface area (Å²) >= 11 is 6.99. The highest BCUT2D eigenvalue weighted by molar-refractivity contribution is 9.11. The summed E-state index contributed by atoms with van der Waals surface area (Å²) in [4.78, 5) is 0. The zero-order valence-corrected chi connectivity index (χ0v) is 15.9. The Labute approximate surface area is 143 Å². The Hall–Kier alpha value is 0.0500. The lowest BCUT2D eigenvalue weighted by atomic mass is 9.90. The standard InChI is InChI=1S/C14H20Br2N2O2S/c1-21(19,20)18-6-2-3-10(9-18)7-14(17)12-8-11(15)4-5-13(12)16/h4-5,8,10,14H,2-3,6-7,9,17H2,1H3. The molecule has 118 valence electrons. The smallest absolute Gasteiger partial charge is 0.211 e. The molecule has 0 aromatic heterocycles. The number of piperidine rings is 1. The van der Waals surface area contributed by atoms with Gasteiger partial charge in [0.15, 0.2) is 0 Å². The number of halogens is 2. The van der Waals surface area contributed by atoms with Crippen molar-refractivity contribution in [1.29, 1.82) is 0 Å². The monoisotopic (exact) mass is 438 g/mol. The Morgan fingerprint density at radius 2 is 2.14 bits per heavy atom. The fourth-order valence-corrected chi connectivity index (χ4v) is 4.67. The van der Waals surface area contributed by atoms with Gasteiger partial charge in [-0.2, -0.15) is 0 Å². The molecule has 0 radical (unpaired) electrons. The normalized spacial score (nSPS) is 22.2. The molecule has 0 saturated carbocycles. The molecule has 2 atom stereocenters. The van der Waals surface area contributed by atoms with Crippen LogP contribution in [0.5, 0.6) is 0 Å².